The highest BCUT2D eigenvalue weighted by Crippen LogP contribution is 2.29. The summed E-state index contributed by atoms with van der Waals surface area (Å²) in [6.07, 6.45) is -4.66. The Morgan fingerprint density at radius 3 is 2.35 bits per heavy atom. The van der Waals surface area contributed by atoms with E-state index in [-0.39, 0.29) is 6.61 Å². The van der Waals surface area contributed by atoms with Crippen LogP contribution in [0.2, 0.25) is 0 Å². The van der Waals surface area contributed by atoms with E-state index in [2.05, 4.69) is 5.32 Å². The van der Waals surface area contributed by atoms with E-state index in [1.807, 2.05) is 0 Å². The van der Waals surface area contributed by atoms with Crippen LogP contribution in [0, 0.1) is 0 Å². The zero-order chi connectivity index (χ0) is 12.7. The van der Waals surface area contributed by atoms with Crippen molar-refractivity contribution in [3.63, 3.8) is 0 Å². The topological polar surface area (TPSA) is 32.3 Å². The minimum absolute atomic E-state index is 0.0273. The second-order valence-corrected chi connectivity index (χ2v) is 3.81. The summed E-state index contributed by atoms with van der Waals surface area (Å²) in [5.74, 6) is 0. The fraction of sp³-hybridized carbons (Fsp3) is 0.500. The van der Waals surface area contributed by atoms with Gasteiger partial charge in [0, 0.05) is 12.6 Å². The summed E-state index contributed by atoms with van der Waals surface area (Å²) in [7, 11) is 0. The van der Waals surface area contributed by atoms with Crippen LogP contribution < -0.4 is 5.32 Å². The summed E-state index contributed by atoms with van der Waals surface area (Å²) in [6, 6.07) is 7.79. The molecule has 0 aromatic heterocycles. The molecule has 1 aromatic rings. The van der Waals surface area contributed by atoms with Gasteiger partial charge in [-0.15, -0.1) is 0 Å². The number of aliphatic hydroxyl groups excluding tert-OH is 1. The third-order valence-corrected chi connectivity index (χ3v) is 2.36. The Kier molecular flexibility index (Phi) is 5.44. The average molecular weight is 247 g/mol. The van der Waals surface area contributed by atoms with E-state index in [0.29, 0.717) is 18.5 Å². The van der Waals surface area contributed by atoms with Crippen LogP contribution in [0.3, 0.4) is 0 Å². The molecule has 0 bridgehead atoms. The summed E-state index contributed by atoms with van der Waals surface area (Å²) in [6.45, 7) is 0.340. The Morgan fingerprint density at radius 1 is 1.18 bits per heavy atom. The normalized spacial score (nSPS) is 13.6. The van der Waals surface area contributed by atoms with Crippen LogP contribution in [-0.2, 0) is 0 Å². The number of alkyl halides is 3. The molecule has 5 heteroatoms. The first-order chi connectivity index (χ1) is 8.03. The van der Waals surface area contributed by atoms with E-state index in [9.17, 15) is 13.2 Å². The number of nitrogens with one attached hydrogen (secondary N) is 1. The molecule has 0 aliphatic rings. The summed E-state index contributed by atoms with van der Waals surface area (Å²) >= 11 is 0. The van der Waals surface area contributed by atoms with Crippen LogP contribution in [0.4, 0.5) is 13.2 Å². The molecule has 1 rings (SSSR count). The Morgan fingerprint density at radius 2 is 1.82 bits per heavy atom. The first-order valence-electron chi connectivity index (χ1n) is 5.49. The lowest BCUT2D eigenvalue weighted by molar-refractivity contribution is -0.140. The summed E-state index contributed by atoms with van der Waals surface area (Å²) in [4.78, 5) is 0. The van der Waals surface area contributed by atoms with Gasteiger partial charge in [0.05, 0.1) is 6.42 Å². The van der Waals surface area contributed by atoms with Crippen molar-refractivity contribution >= 4 is 0 Å². The minimum Gasteiger partial charge on any atom is -0.396 e. The molecule has 0 saturated carbocycles. The van der Waals surface area contributed by atoms with E-state index in [0.717, 1.165) is 0 Å². The van der Waals surface area contributed by atoms with Gasteiger partial charge >= 0.3 is 6.18 Å². The van der Waals surface area contributed by atoms with Gasteiger partial charge in [0.2, 0.25) is 0 Å². The predicted molar refractivity (Wildman–Crippen MR) is 59.6 cm³/mol. The van der Waals surface area contributed by atoms with Crippen molar-refractivity contribution in [3.8, 4) is 0 Å². The van der Waals surface area contributed by atoms with Crippen LogP contribution in [0.15, 0.2) is 30.3 Å². The maximum absolute atomic E-state index is 12.4. The van der Waals surface area contributed by atoms with Gasteiger partial charge < -0.3 is 10.4 Å². The maximum atomic E-state index is 12.4. The number of aliphatic hydroxyl groups is 1. The van der Waals surface area contributed by atoms with Gasteiger partial charge in [-0.05, 0) is 18.5 Å². The molecule has 0 aliphatic heterocycles. The molecule has 17 heavy (non-hydrogen) atoms. The molecule has 96 valence electrons. The predicted octanol–water partition coefficient (Wildman–Crippen LogP) is 2.65. The largest absolute Gasteiger partial charge is 0.396 e. The van der Waals surface area contributed by atoms with Gasteiger partial charge in [0.25, 0.3) is 0 Å². The zero-order valence-corrected chi connectivity index (χ0v) is 9.37. The molecular weight excluding hydrogens is 231 g/mol. The minimum atomic E-state index is -4.20. The first kappa shape index (κ1) is 14.0. The van der Waals surface area contributed by atoms with Crippen LogP contribution >= 0.6 is 0 Å². The lowest BCUT2D eigenvalue weighted by atomic mass is 10.0. The van der Waals surface area contributed by atoms with Crippen LogP contribution in [0.5, 0.6) is 0 Å². The van der Waals surface area contributed by atoms with Gasteiger partial charge in [-0.1, -0.05) is 30.3 Å². The maximum Gasteiger partial charge on any atom is 0.390 e. The summed E-state index contributed by atoms with van der Waals surface area (Å²) < 4.78 is 37.2. The number of halogens is 3. The van der Waals surface area contributed by atoms with Gasteiger partial charge in [-0.25, -0.2) is 0 Å². The molecular formula is C12H16F3NO. The smallest absolute Gasteiger partial charge is 0.390 e. The monoisotopic (exact) mass is 247 g/mol. The van der Waals surface area contributed by atoms with Crippen LogP contribution in [0.25, 0.3) is 0 Å². The number of benzene rings is 1. The number of hydrogen-bond donors (Lipinski definition) is 2. The van der Waals surface area contributed by atoms with Gasteiger partial charge in [0.1, 0.15) is 0 Å². The fourth-order valence-electron chi connectivity index (χ4n) is 1.58. The van der Waals surface area contributed by atoms with Crippen LogP contribution in [-0.4, -0.2) is 24.4 Å². The van der Waals surface area contributed by atoms with Crippen molar-refractivity contribution in [1.29, 1.82) is 0 Å². The molecule has 1 atom stereocenters. The summed E-state index contributed by atoms with van der Waals surface area (Å²) in [5, 5.41) is 11.4. The molecule has 1 aromatic carbocycles. The molecule has 0 radical (unpaired) electrons. The van der Waals surface area contributed by atoms with Gasteiger partial charge in [-0.2, -0.15) is 13.2 Å². The van der Waals surface area contributed by atoms with Crippen molar-refractivity contribution in [2.75, 3.05) is 13.2 Å². The van der Waals surface area contributed by atoms with Gasteiger partial charge in [-0.3, -0.25) is 0 Å². The molecule has 0 heterocycles. The molecule has 0 fully saturated rings. The summed E-state index contributed by atoms with van der Waals surface area (Å²) in [5.41, 5.74) is 0.614. The Bertz CT molecular complexity index is 313. The third kappa shape index (κ3) is 5.70. The first-order valence-corrected chi connectivity index (χ1v) is 5.49. The highest BCUT2D eigenvalue weighted by atomic mass is 19.4. The molecule has 0 spiro atoms. The van der Waals surface area contributed by atoms with Crippen molar-refractivity contribution in [3.05, 3.63) is 35.9 Å². The molecule has 1 unspecified atom stereocenters. The van der Waals surface area contributed by atoms with Crippen molar-refractivity contribution < 1.29 is 18.3 Å². The van der Waals surface area contributed by atoms with Crippen molar-refractivity contribution in [2.24, 2.45) is 0 Å². The SMILES string of the molecule is OCCCNC(CC(F)(F)F)c1ccccc1. The fourth-order valence-corrected chi connectivity index (χ4v) is 1.58. The quantitative estimate of drug-likeness (QED) is 0.757. The highest BCUT2D eigenvalue weighted by Gasteiger charge is 2.32. The highest BCUT2D eigenvalue weighted by molar-refractivity contribution is 5.19. The third-order valence-electron chi connectivity index (χ3n) is 2.36. The lowest BCUT2D eigenvalue weighted by Gasteiger charge is -2.20. The lowest BCUT2D eigenvalue weighted by Crippen LogP contribution is -2.27. The van der Waals surface area contributed by atoms with E-state index in [1.165, 1.54) is 0 Å². The molecule has 2 N–H and O–H groups in total. The Balaban J connectivity index is 2.65. The van der Waals surface area contributed by atoms with E-state index >= 15 is 0 Å². The molecule has 2 nitrogen and oxygen atoms in total. The standard InChI is InChI=1S/C12H16F3NO/c13-12(14,15)9-11(16-7-4-8-17)10-5-2-1-3-6-10/h1-3,5-6,11,16-17H,4,7-9H2. The molecule has 0 amide bonds. The Labute approximate surface area is 98.5 Å². The average Bonchev–Trinajstić information content (AvgIpc) is 2.28. The van der Waals surface area contributed by atoms with E-state index < -0.39 is 18.6 Å². The second kappa shape index (κ2) is 6.61. The number of rotatable bonds is 6. The zero-order valence-electron chi connectivity index (χ0n) is 9.37. The van der Waals surface area contributed by atoms with E-state index in [4.69, 9.17) is 5.11 Å². The van der Waals surface area contributed by atoms with Crippen molar-refractivity contribution in [2.45, 2.75) is 25.1 Å². The van der Waals surface area contributed by atoms with Crippen LogP contribution in [0.1, 0.15) is 24.4 Å². The van der Waals surface area contributed by atoms with E-state index in [1.54, 1.807) is 30.3 Å². The van der Waals surface area contributed by atoms with Gasteiger partial charge in [0.15, 0.2) is 0 Å². The van der Waals surface area contributed by atoms with Crippen molar-refractivity contribution in [1.82, 2.24) is 5.32 Å². The Hall–Kier alpha value is -1.07. The second-order valence-electron chi connectivity index (χ2n) is 3.81. The molecule has 0 saturated heterocycles. The number of hydrogen-bond acceptors (Lipinski definition) is 2. The molecule has 0 aliphatic carbocycles.